The van der Waals surface area contributed by atoms with Gasteiger partial charge in [0.05, 0.1) is 5.56 Å². The van der Waals surface area contributed by atoms with E-state index in [1.807, 2.05) is 6.07 Å². The molecule has 1 amide bonds. The van der Waals surface area contributed by atoms with Gasteiger partial charge in [0, 0.05) is 0 Å². The van der Waals surface area contributed by atoms with Crippen molar-refractivity contribution in [3.63, 3.8) is 0 Å². The molecule has 0 atom stereocenters. The van der Waals surface area contributed by atoms with Gasteiger partial charge in [0.15, 0.2) is 11.5 Å². The topological polar surface area (TPSA) is 74.2 Å². The van der Waals surface area contributed by atoms with Crippen LogP contribution in [0.1, 0.15) is 18.4 Å². The van der Waals surface area contributed by atoms with Crippen molar-refractivity contribution in [2.75, 3.05) is 18.4 Å². The molecule has 5 nitrogen and oxygen atoms in total. The number of benzene rings is 1. The Hall–Kier alpha value is -2.32. The van der Waals surface area contributed by atoms with E-state index in [4.69, 9.17) is 10.00 Å². The molecule has 1 saturated heterocycles. The van der Waals surface area contributed by atoms with Crippen molar-refractivity contribution in [3.8, 4) is 11.8 Å². The van der Waals surface area contributed by atoms with Crippen molar-refractivity contribution in [3.05, 3.63) is 35.1 Å². The van der Waals surface area contributed by atoms with E-state index >= 15 is 0 Å². The Morgan fingerprint density at radius 1 is 1.26 bits per heavy atom. The highest BCUT2D eigenvalue weighted by molar-refractivity contribution is 6.06. The summed E-state index contributed by atoms with van der Waals surface area (Å²) in [6.45, 7) is 1.72. The Labute approximate surface area is 110 Å². The highest BCUT2D eigenvalue weighted by Crippen LogP contribution is 2.35. The molecule has 0 saturated carbocycles. The number of hydrogen-bond donors (Lipinski definition) is 2. The van der Waals surface area contributed by atoms with Crippen molar-refractivity contribution in [1.29, 1.82) is 5.26 Å². The van der Waals surface area contributed by atoms with Crippen LogP contribution in [0.15, 0.2) is 29.5 Å². The van der Waals surface area contributed by atoms with Crippen LogP contribution < -0.4 is 15.4 Å². The van der Waals surface area contributed by atoms with Gasteiger partial charge >= 0.3 is 0 Å². The van der Waals surface area contributed by atoms with E-state index in [0.29, 0.717) is 22.8 Å². The summed E-state index contributed by atoms with van der Waals surface area (Å²) < 4.78 is 5.71. The maximum atomic E-state index is 12.1. The van der Waals surface area contributed by atoms with Crippen LogP contribution in [-0.4, -0.2) is 19.0 Å². The molecule has 5 heteroatoms. The largest absolute Gasteiger partial charge is 0.449 e. The first kappa shape index (κ1) is 11.8. The third-order valence-electron chi connectivity index (χ3n) is 3.33. The first-order valence-electron chi connectivity index (χ1n) is 6.24. The highest BCUT2D eigenvalue weighted by atomic mass is 16.5. The minimum Gasteiger partial charge on any atom is -0.449 e. The number of anilines is 1. The van der Waals surface area contributed by atoms with Crippen molar-refractivity contribution < 1.29 is 9.53 Å². The maximum Gasteiger partial charge on any atom is 0.291 e. The van der Waals surface area contributed by atoms with Gasteiger partial charge in [-0.2, -0.15) is 5.26 Å². The predicted molar refractivity (Wildman–Crippen MR) is 69.5 cm³/mol. The lowest BCUT2D eigenvalue weighted by Gasteiger charge is -2.25. The second kappa shape index (κ2) is 4.75. The molecule has 0 unspecified atom stereocenters. The molecule has 96 valence electrons. The highest BCUT2D eigenvalue weighted by Gasteiger charge is 2.27. The Kier molecular flexibility index (Phi) is 2.94. The molecule has 2 aliphatic heterocycles. The maximum absolute atomic E-state index is 12.1. The molecule has 0 radical (unpaired) electrons. The zero-order valence-corrected chi connectivity index (χ0v) is 10.3. The molecular weight excluding hydrogens is 242 g/mol. The Bertz CT molecular complexity index is 606. The van der Waals surface area contributed by atoms with Gasteiger partial charge in [-0.3, -0.25) is 4.79 Å². The molecule has 1 aromatic rings. The molecule has 0 bridgehead atoms. The fraction of sp³-hybridized carbons (Fsp3) is 0.286. The summed E-state index contributed by atoms with van der Waals surface area (Å²) in [7, 11) is 0. The van der Waals surface area contributed by atoms with E-state index in [-0.39, 0.29) is 5.91 Å². The number of carbonyl (C=O) groups is 1. The van der Waals surface area contributed by atoms with Crippen LogP contribution in [0.25, 0.3) is 0 Å². The van der Waals surface area contributed by atoms with Gasteiger partial charge in [-0.25, -0.2) is 0 Å². The molecule has 19 heavy (non-hydrogen) atoms. The number of amides is 1. The number of para-hydroxylation sites is 1. The first-order chi connectivity index (χ1) is 9.29. The van der Waals surface area contributed by atoms with Crippen molar-refractivity contribution >= 4 is 11.6 Å². The molecule has 2 aliphatic rings. The summed E-state index contributed by atoms with van der Waals surface area (Å²) in [5, 5.41) is 15.0. The number of fused-ring (bicyclic) bond motifs is 1. The normalized spacial score (nSPS) is 18.2. The Morgan fingerprint density at radius 3 is 2.79 bits per heavy atom. The molecule has 0 aliphatic carbocycles. The van der Waals surface area contributed by atoms with E-state index < -0.39 is 0 Å². The predicted octanol–water partition coefficient (Wildman–Crippen LogP) is 1.53. The van der Waals surface area contributed by atoms with E-state index in [9.17, 15) is 4.79 Å². The number of hydrogen-bond acceptors (Lipinski definition) is 4. The average Bonchev–Trinajstić information content (AvgIpc) is 2.47. The number of carbonyl (C=O) groups excluding carboxylic acids is 1. The van der Waals surface area contributed by atoms with E-state index in [1.165, 1.54) is 0 Å². The Morgan fingerprint density at radius 2 is 2.05 bits per heavy atom. The molecule has 2 N–H and O–H groups in total. The van der Waals surface area contributed by atoms with Crippen molar-refractivity contribution in [2.24, 2.45) is 0 Å². The quantitative estimate of drug-likeness (QED) is 0.689. The zero-order valence-electron chi connectivity index (χ0n) is 10.3. The number of nitrogens with one attached hydrogen (secondary N) is 2. The monoisotopic (exact) mass is 255 g/mol. The van der Waals surface area contributed by atoms with Crippen LogP contribution in [0.3, 0.4) is 0 Å². The van der Waals surface area contributed by atoms with E-state index in [2.05, 4.69) is 10.6 Å². The van der Waals surface area contributed by atoms with Crippen LogP contribution >= 0.6 is 0 Å². The third-order valence-corrected chi connectivity index (χ3v) is 3.33. The molecule has 0 aromatic heterocycles. The molecule has 1 aromatic carbocycles. The van der Waals surface area contributed by atoms with Gasteiger partial charge in [-0.1, -0.05) is 6.07 Å². The zero-order chi connectivity index (χ0) is 13.2. The minimum absolute atomic E-state index is 0.257. The molecular formula is C14H13N3O2. The fourth-order valence-electron chi connectivity index (χ4n) is 2.35. The molecule has 1 fully saturated rings. The second-order valence-electron chi connectivity index (χ2n) is 4.53. The first-order valence-corrected chi connectivity index (χ1v) is 6.24. The smallest absolute Gasteiger partial charge is 0.291 e. The lowest BCUT2D eigenvalue weighted by Crippen LogP contribution is -2.30. The number of piperidine rings is 1. The summed E-state index contributed by atoms with van der Waals surface area (Å²) in [4.78, 5) is 12.1. The van der Waals surface area contributed by atoms with Gasteiger partial charge in [0.2, 0.25) is 0 Å². The Balaban J connectivity index is 2.01. The van der Waals surface area contributed by atoms with E-state index in [0.717, 1.165) is 31.5 Å². The van der Waals surface area contributed by atoms with Crippen LogP contribution in [-0.2, 0) is 4.79 Å². The summed E-state index contributed by atoms with van der Waals surface area (Å²) in [5.74, 6) is 0.677. The molecule has 0 spiro atoms. The fourth-order valence-corrected chi connectivity index (χ4v) is 2.35. The van der Waals surface area contributed by atoms with E-state index in [1.54, 1.807) is 18.2 Å². The van der Waals surface area contributed by atoms with Gasteiger partial charge < -0.3 is 15.4 Å². The summed E-state index contributed by atoms with van der Waals surface area (Å²) in [6, 6.07) is 7.22. The number of ether oxygens (including phenoxy) is 1. The molecule has 2 heterocycles. The lowest BCUT2D eigenvalue weighted by atomic mass is 10.0. The van der Waals surface area contributed by atoms with Crippen LogP contribution in [0.5, 0.6) is 5.75 Å². The van der Waals surface area contributed by atoms with Gasteiger partial charge in [0.1, 0.15) is 11.8 Å². The van der Waals surface area contributed by atoms with Crippen LogP contribution in [0.2, 0.25) is 0 Å². The second-order valence-corrected chi connectivity index (χ2v) is 4.53. The summed E-state index contributed by atoms with van der Waals surface area (Å²) in [5.41, 5.74) is 1.91. The molecule has 3 rings (SSSR count). The minimum atomic E-state index is -0.257. The summed E-state index contributed by atoms with van der Waals surface area (Å²) >= 11 is 0. The summed E-state index contributed by atoms with van der Waals surface area (Å²) in [6.07, 6.45) is 1.63. The van der Waals surface area contributed by atoms with Crippen molar-refractivity contribution in [2.45, 2.75) is 12.8 Å². The number of rotatable bonds is 0. The standard InChI is InChI=1S/C14H13N3O2/c15-8-10-2-1-3-11-12(10)17-14(18)13(19-11)9-4-6-16-7-5-9/h1-3,16H,4-7H2,(H,17,18). The van der Waals surface area contributed by atoms with Gasteiger partial charge in [0.25, 0.3) is 5.91 Å². The average molecular weight is 255 g/mol. The third kappa shape index (κ3) is 2.07. The van der Waals surface area contributed by atoms with Gasteiger partial charge in [-0.05, 0) is 43.6 Å². The lowest BCUT2D eigenvalue weighted by molar-refractivity contribution is -0.115. The van der Waals surface area contributed by atoms with Crippen LogP contribution in [0, 0.1) is 11.3 Å². The van der Waals surface area contributed by atoms with Gasteiger partial charge in [-0.15, -0.1) is 0 Å². The van der Waals surface area contributed by atoms with Crippen LogP contribution in [0.4, 0.5) is 5.69 Å². The number of nitriles is 1. The SMILES string of the molecule is N#Cc1cccc2c1NC(=O)C(=C1CCNCC1)O2. The van der Waals surface area contributed by atoms with Crippen molar-refractivity contribution in [1.82, 2.24) is 5.32 Å². The number of nitrogens with zero attached hydrogens (tertiary/aromatic N) is 1.